The van der Waals surface area contributed by atoms with Gasteiger partial charge in [0.25, 0.3) is 5.91 Å². The lowest BCUT2D eigenvalue weighted by Crippen LogP contribution is -2.54. The summed E-state index contributed by atoms with van der Waals surface area (Å²) < 4.78 is 27.3. The molecular formula is C26H31F2N9O. The maximum Gasteiger partial charge on any atom is 0.254 e. The molecule has 1 atom stereocenters. The number of anilines is 3. The predicted molar refractivity (Wildman–Crippen MR) is 142 cm³/mol. The number of piperazine rings is 1. The zero-order valence-corrected chi connectivity index (χ0v) is 21.2. The van der Waals surface area contributed by atoms with Gasteiger partial charge >= 0.3 is 0 Å². The second kappa shape index (κ2) is 10.8. The van der Waals surface area contributed by atoms with Crippen LogP contribution in [-0.4, -0.2) is 79.3 Å². The van der Waals surface area contributed by atoms with E-state index >= 15 is 0 Å². The zero-order chi connectivity index (χ0) is 26.7. The fraction of sp³-hybridized carbons (Fsp3) is 0.385. The molecule has 2 aromatic heterocycles. The van der Waals surface area contributed by atoms with Crippen molar-refractivity contribution in [2.45, 2.75) is 12.0 Å². The lowest BCUT2D eigenvalue weighted by Gasteiger charge is -2.30. The summed E-state index contributed by atoms with van der Waals surface area (Å²) in [6, 6.07) is 6.89. The van der Waals surface area contributed by atoms with Crippen molar-refractivity contribution in [1.82, 2.24) is 30.9 Å². The van der Waals surface area contributed by atoms with Crippen LogP contribution in [0, 0.1) is 11.6 Å². The minimum Gasteiger partial charge on any atom is -0.383 e. The van der Waals surface area contributed by atoms with Gasteiger partial charge in [0, 0.05) is 63.6 Å². The lowest BCUT2D eigenvalue weighted by molar-refractivity contribution is 0.0937. The van der Waals surface area contributed by atoms with Crippen LogP contribution < -0.4 is 31.5 Å². The van der Waals surface area contributed by atoms with Crippen molar-refractivity contribution in [3.8, 4) is 11.1 Å². The minimum atomic E-state index is -0.897. The van der Waals surface area contributed by atoms with Gasteiger partial charge < -0.3 is 31.5 Å². The van der Waals surface area contributed by atoms with Crippen molar-refractivity contribution in [2.75, 3.05) is 68.4 Å². The number of nitrogens with two attached hydrogens (primary N) is 1. The Kier molecular flexibility index (Phi) is 7.34. The number of carbonyl (C=O) groups is 1. The summed E-state index contributed by atoms with van der Waals surface area (Å²) in [6.45, 7) is 5.06. The van der Waals surface area contributed by atoms with E-state index in [9.17, 15) is 13.6 Å². The summed E-state index contributed by atoms with van der Waals surface area (Å²) in [4.78, 5) is 30.4. The summed E-state index contributed by atoms with van der Waals surface area (Å²) >= 11 is 0. The summed E-state index contributed by atoms with van der Waals surface area (Å²) in [5.74, 6) is -0.275. The number of nitrogen functional groups attached to an aromatic ring is 1. The summed E-state index contributed by atoms with van der Waals surface area (Å²) in [7, 11) is 1.82. The van der Waals surface area contributed by atoms with Crippen molar-refractivity contribution in [2.24, 2.45) is 0 Å². The number of pyridine rings is 1. The highest BCUT2D eigenvalue weighted by atomic mass is 19.1. The normalized spacial score (nSPS) is 19.6. The third-order valence-corrected chi connectivity index (χ3v) is 7.28. The maximum atomic E-state index is 14.1. The summed E-state index contributed by atoms with van der Waals surface area (Å²) in [6.07, 6.45) is 3.93. The van der Waals surface area contributed by atoms with Gasteiger partial charge in [0.1, 0.15) is 35.4 Å². The molecule has 5 N–H and O–H groups in total. The summed E-state index contributed by atoms with van der Waals surface area (Å²) in [5.41, 5.74) is 7.16. The van der Waals surface area contributed by atoms with Gasteiger partial charge in [-0.3, -0.25) is 4.79 Å². The van der Waals surface area contributed by atoms with Crippen LogP contribution in [0.25, 0.3) is 11.1 Å². The van der Waals surface area contributed by atoms with Crippen LogP contribution >= 0.6 is 0 Å². The van der Waals surface area contributed by atoms with Crippen LogP contribution in [0.2, 0.25) is 0 Å². The number of halogens is 2. The van der Waals surface area contributed by atoms with Crippen molar-refractivity contribution in [3.05, 3.63) is 60.1 Å². The Balaban J connectivity index is 1.33. The molecule has 0 bridgehead atoms. The fourth-order valence-electron chi connectivity index (χ4n) is 5.03. The van der Waals surface area contributed by atoms with Gasteiger partial charge in [0.2, 0.25) is 0 Å². The molecule has 1 amide bonds. The average Bonchev–Trinajstić information content (AvgIpc) is 3.37. The number of nitrogens with one attached hydrogen (secondary N) is 3. The Labute approximate surface area is 219 Å². The van der Waals surface area contributed by atoms with Gasteiger partial charge in [-0.1, -0.05) is 0 Å². The van der Waals surface area contributed by atoms with Crippen molar-refractivity contribution < 1.29 is 13.6 Å². The monoisotopic (exact) mass is 523 g/mol. The van der Waals surface area contributed by atoms with Crippen LogP contribution in [0.5, 0.6) is 0 Å². The van der Waals surface area contributed by atoms with E-state index in [0.29, 0.717) is 42.8 Å². The molecule has 200 valence electrons. The van der Waals surface area contributed by atoms with Gasteiger partial charge in [0.05, 0.1) is 16.7 Å². The molecule has 1 unspecified atom stereocenters. The van der Waals surface area contributed by atoms with Gasteiger partial charge in [-0.05, 0) is 37.7 Å². The number of likely N-dealkylation sites (N-methyl/N-ethyl adjacent to an activating group) is 1. The first-order chi connectivity index (χ1) is 18.4. The Hall–Kier alpha value is -3.90. The number of hydrogen-bond acceptors (Lipinski definition) is 9. The third-order valence-electron chi connectivity index (χ3n) is 7.28. The number of carbonyl (C=O) groups excluding carboxylic acids is 1. The molecule has 5 rings (SSSR count). The molecule has 10 nitrogen and oxygen atoms in total. The largest absolute Gasteiger partial charge is 0.383 e. The minimum absolute atomic E-state index is 0.199. The molecule has 0 aliphatic carbocycles. The first kappa shape index (κ1) is 25.7. The van der Waals surface area contributed by atoms with E-state index in [4.69, 9.17) is 5.73 Å². The molecule has 2 fully saturated rings. The second-order valence-corrected chi connectivity index (χ2v) is 9.61. The molecule has 4 heterocycles. The summed E-state index contributed by atoms with van der Waals surface area (Å²) in [5, 5.41) is 9.45. The SMILES string of the molecule is CNC1(CNC(=O)c2ccc(F)cc2F)CCN(c2ncnc(N)c2-c2ccc(N3CCNCC3)nc2)C1. The van der Waals surface area contributed by atoms with Crippen molar-refractivity contribution >= 4 is 23.4 Å². The van der Waals surface area contributed by atoms with E-state index in [-0.39, 0.29) is 12.1 Å². The molecule has 2 aliphatic rings. The van der Waals surface area contributed by atoms with E-state index in [1.165, 1.54) is 6.33 Å². The van der Waals surface area contributed by atoms with Crippen LogP contribution in [-0.2, 0) is 0 Å². The van der Waals surface area contributed by atoms with Crippen molar-refractivity contribution in [1.29, 1.82) is 0 Å². The predicted octanol–water partition coefficient (Wildman–Crippen LogP) is 1.41. The maximum absolute atomic E-state index is 14.1. The van der Waals surface area contributed by atoms with Gasteiger partial charge in [-0.25, -0.2) is 23.7 Å². The van der Waals surface area contributed by atoms with Crippen LogP contribution in [0.4, 0.5) is 26.2 Å². The zero-order valence-electron chi connectivity index (χ0n) is 21.2. The van der Waals surface area contributed by atoms with Crippen molar-refractivity contribution in [3.63, 3.8) is 0 Å². The Bertz CT molecular complexity index is 1300. The van der Waals surface area contributed by atoms with E-state index < -0.39 is 23.1 Å². The van der Waals surface area contributed by atoms with Crippen LogP contribution in [0.15, 0.2) is 42.9 Å². The molecular weight excluding hydrogens is 492 g/mol. The Morgan fingerprint density at radius 2 is 1.92 bits per heavy atom. The number of amides is 1. The molecule has 1 aromatic carbocycles. The van der Waals surface area contributed by atoms with E-state index in [1.54, 1.807) is 6.20 Å². The first-order valence-corrected chi connectivity index (χ1v) is 12.6. The van der Waals surface area contributed by atoms with Gasteiger partial charge in [0.15, 0.2) is 0 Å². The number of benzene rings is 1. The fourth-order valence-corrected chi connectivity index (χ4v) is 5.03. The van der Waals surface area contributed by atoms with E-state index in [0.717, 1.165) is 49.7 Å². The quantitative estimate of drug-likeness (QED) is 0.364. The number of hydrogen-bond donors (Lipinski definition) is 4. The number of nitrogens with zero attached hydrogens (tertiary/aromatic N) is 5. The second-order valence-electron chi connectivity index (χ2n) is 9.61. The third kappa shape index (κ3) is 5.22. The van der Waals surface area contributed by atoms with E-state index in [2.05, 4.69) is 40.7 Å². The molecule has 2 saturated heterocycles. The number of rotatable bonds is 7. The highest BCUT2D eigenvalue weighted by molar-refractivity contribution is 5.94. The van der Waals surface area contributed by atoms with Gasteiger partial charge in [-0.15, -0.1) is 0 Å². The first-order valence-electron chi connectivity index (χ1n) is 12.6. The average molecular weight is 524 g/mol. The Morgan fingerprint density at radius 1 is 1.11 bits per heavy atom. The molecule has 12 heteroatoms. The topological polar surface area (TPSA) is 124 Å². The van der Waals surface area contributed by atoms with Crippen LogP contribution in [0.3, 0.4) is 0 Å². The standard InChI is InChI=1S/C26H31F2N9O/c1-30-26(14-33-25(38)19-4-3-18(27)12-20(19)28)6-9-37(15-26)24-22(23(29)34-16-35-24)17-2-5-21(32-13-17)36-10-7-31-8-11-36/h2-5,12-13,16,30-31H,6-11,14-15H2,1H3,(H,33,38)(H2,29,34,35). The number of aromatic nitrogens is 3. The smallest absolute Gasteiger partial charge is 0.254 e. The molecule has 3 aromatic rings. The molecule has 38 heavy (non-hydrogen) atoms. The van der Waals surface area contributed by atoms with Gasteiger partial charge in [-0.2, -0.15) is 0 Å². The molecule has 0 radical (unpaired) electrons. The molecule has 2 aliphatic heterocycles. The highest BCUT2D eigenvalue weighted by Gasteiger charge is 2.39. The molecule has 0 saturated carbocycles. The lowest BCUT2D eigenvalue weighted by atomic mass is 9.98. The Morgan fingerprint density at radius 3 is 2.63 bits per heavy atom. The van der Waals surface area contributed by atoms with Crippen LogP contribution in [0.1, 0.15) is 16.8 Å². The highest BCUT2D eigenvalue weighted by Crippen LogP contribution is 2.36. The molecule has 0 spiro atoms. The van der Waals surface area contributed by atoms with E-state index in [1.807, 2.05) is 19.2 Å².